The number of aromatic nitrogens is 2. The summed E-state index contributed by atoms with van der Waals surface area (Å²) in [4.78, 5) is 8.43. The molecule has 1 aliphatic rings. The molecule has 4 aromatic rings. The number of rotatable bonds is 1. The fraction of sp³-hybridized carbons (Fsp3) is 0.0588. The van der Waals surface area contributed by atoms with Gasteiger partial charge in [-0.1, -0.05) is 18.2 Å². The Hall–Kier alpha value is -2.86. The molecule has 3 heterocycles. The van der Waals surface area contributed by atoms with Gasteiger partial charge >= 0.3 is 0 Å². The van der Waals surface area contributed by atoms with Gasteiger partial charge in [-0.3, -0.25) is 0 Å². The maximum Gasteiger partial charge on any atom is 0.231 e. The molecule has 6 heteroatoms. The second kappa shape index (κ2) is 4.57. The highest BCUT2D eigenvalue weighted by molar-refractivity contribution is 7.26. The Labute approximate surface area is 135 Å². The van der Waals surface area contributed by atoms with Gasteiger partial charge in [0, 0.05) is 10.1 Å². The van der Waals surface area contributed by atoms with Crippen molar-refractivity contribution < 1.29 is 9.47 Å². The van der Waals surface area contributed by atoms with Crippen LogP contribution in [-0.2, 0) is 0 Å². The van der Waals surface area contributed by atoms with Crippen LogP contribution in [0.25, 0.3) is 31.4 Å². The van der Waals surface area contributed by atoms with Crippen LogP contribution in [0.15, 0.2) is 42.7 Å². The number of benzene rings is 2. The van der Waals surface area contributed by atoms with Crippen molar-refractivity contribution in [3.05, 3.63) is 42.7 Å². The number of ether oxygens (including phenoxy) is 2. The minimum absolute atomic E-state index is 0.284. The van der Waals surface area contributed by atoms with E-state index in [1.807, 2.05) is 18.2 Å². The molecule has 0 spiro atoms. The number of nitrogen functional groups attached to an aromatic ring is 1. The average Bonchev–Trinajstić information content (AvgIpc) is 3.18. The molecule has 23 heavy (non-hydrogen) atoms. The normalized spacial score (nSPS) is 13.0. The first-order valence-electron chi connectivity index (χ1n) is 7.12. The predicted molar refractivity (Wildman–Crippen MR) is 90.9 cm³/mol. The van der Waals surface area contributed by atoms with Crippen molar-refractivity contribution in [2.45, 2.75) is 0 Å². The Bertz CT molecular complexity index is 1070. The molecule has 0 bridgehead atoms. The van der Waals surface area contributed by atoms with Crippen molar-refractivity contribution in [3.8, 4) is 22.6 Å². The summed E-state index contributed by atoms with van der Waals surface area (Å²) in [6.45, 7) is 0.284. The van der Waals surface area contributed by atoms with Crippen LogP contribution in [0.2, 0.25) is 0 Å². The van der Waals surface area contributed by atoms with Gasteiger partial charge in [0.15, 0.2) is 11.5 Å². The Kier molecular flexibility index (Phi) is 2.51. The van der Waals surface area contributed by atoms with Gasteiger partial charge in [0.2, 0.25) is 6.79 Å². The topological polar surface area (TPSA) is 70.3 Å². The Morgan fingerprint density at radius 2 is 1.78 bits per heavy atom. The van der Waals surface area contributed by atoms with E-state index < -0.39 is 0 Å². The molecule has 0 aliphatic carbocycles. The van der Waals surface area contributed by atoms with Crippen LogP contribution < -0.4 is 15.2 Å². The maximum absolute atomic E-state index is 5.96. The van der Waals surface area contributed by atoms with Gasteiger partial charge < -0.3 is 15.2 Å². The predicted octanol–water partition coefficient (Wildman–Crippen LogP) is 3.82. The van der Waals surface area contributed by atoms with Crippen LogP contribution in [0.4, 0.5) is 5.82 Å². The quantitative estimate of drug-likeness (QED) is 0.577. The van der Waals surface area contributed by atoms with Crippen molar-refractivity contribution in [3.63, 3.8) is 0 Å². The highest BCUT2D eigenvalue weighted by atomic mass is 32.1. The average molecular weight is 321 g/mol. The number of fused-ring (bicyclic) bond motifs is 4. The van der Waals surface area contributed by atoms with Gasteiger partial charge in [-0.25, -0.2) is 9.97 Å². The van der Waals surface area contributed by atoms with Crippen LogP contribution in [0.5, 0.6) is 11.5 Å². The van der Waals surface area contributed by atoms with Gasteiger partial charge in [0.1, 0.15) is 12.1 Å². The molecule has 112 valence electrons. The minimum Gasteiger partial charge on any atom is -0.454 e. The van der Waals surface area contributed by atoms with E-state index in [0.29, 0.717) is 5.82 Å². The standard InChI is InChI=1S/C17H11N3O2S/c18-17-16-15(19-7-20-17)11-3-1-10(6-14(11)23-16)9-2-4-12-13(5-9)22-8-21-12/h1-7H,8H2,(H2,18,19,20). The monoisotopic (exact) mass is 321 g/mol. The van der Waals surface area contributed by atoms with Gasteiger partial charge in [0.25, 0.3) is 0 Å². The van der Waals surface area contributed by atoms with E-state index in [1.54, 1.807) is 11.3 Å². The molecule has 0 fully saturated rings. The molecule has 0 amide bonds. The molecule has 0 saturated heterocycles. The lowest BCUT2D eigenvalue weighted by Crippen LogP contribution is -1.92. The summed E-state index contributed by atoms with van der Waals surface area (Å²) < 4.78 is 12.9. The highest BCUT2D eigenvalue weighted by Gasteiger charge is 2.15. The zero-order valence-electron chi connectivity index (χ0n) is 11.9. The fourth-order valence-electron chi connectivity index (χ4n) is 2.85. The molecule has 0 saturated carbocycles. The third-order valence-electron chi connectivity index (χ3n) is 3.99. The number of hydrogen-bond acceptors (Lipinski definition) is 6. The molecule has 0 unspecified atom stereocenters. The fourth-order valence-corrected chi connectivity index (χ4v) is 3.94. The molecular weight excluding hydrogens is 310 g/mol. The van der Waals surface area contributed by atoms with E-state index in [9.17, 15) is 0 Å². The van der Waals surface area contributed by atoms with E-state index in [4.69, 9.17) is 15.2 Å². The van der Waals surface area contributed by atoms with Crippen LogP contribution in [0.3, 0.4) is 0 Å². The molecule has 0 atom stereocenters. The molecule has 5 rings (SSSR count). The lowest BCUT2D eigenvalue weighted by Gasteiger charge is -2.03. The van der Waals surface area contributed by atoms with E-state index in [1.165, 1.54) is 6.33 Å². The maximum atomic E-state index is 5.96. The van der Waals surface area contributed by atoms with Crippen LogP contribution >= 0.6 is 11.3 Å². The van der Waals surface area contributed by atoms with Crippen molar-refractivity contribution in [2.24, 2.45) is 0 Å². The number of anilines is 1. The van der Waals surface area contributed by atoms with Crippen molar-refractivity contribution >= 4 is 37.5 Å². The van der Waals surface area contributed by atoms with Crippen LogP contribution in [0.1, 0.15) is 0 Å². The Balaban J connectivity index is 1.71. The molecule has 2 aromatic heterocycles. The summed E-state index contributed by atoms with van der Waals surface area (Å²) in [5.74, 6) is 2.11. The third-order valence-corrected chi connectivity index (χ3v) is 5.15. The van der Waals surface area contributed by atoms with Gasteiger partial charge in [-0.05, 0) is 29.3 Å². The van der Waals surface area contributed by atoms with E-state index >= 15 is 0 Å². The molecule has 5 nitrogen and oxygen atoms in total. The molecule has 1 aliphatic heterocycles. The Morgan fingerprint density at radius 3 is 2.74 bits per heavy atom. The highest BCUT2D eigenvalue weighted by Crippen LogP contribution is 2.39. The summed E-state index contributed by atoms with van der Waals surface area (Å²) in [5.41, 5.74) is 9.08. The largest absolute Gasteiger partial charge is 0.454 e. The van der Waals surface area contributed by atoms with E-state index in [2.05, 4.69) is 28.2 Å². The zero-order valence-corrected chi connectivity index (χ0v) is 12.8. The number of nitrogens with zero attached hydrogens (tertiary/aromatic N) is 2. The van der Waals surface area contributed by atoms with Gasteiger partial charge in [-0.2, -0.15) is 0 Å². The molecule has 2 aromatic carbocycles. The summed E-state index contributed by atoms with van der Waals surface area (Å²) in [6.07, 6.45) is 1.51. The first kappa shape index (κ1) is 12.7. The van der Waals surface area contributed by atoms with Crippen molar-refractivity contribution in [2.75, 3.05) is 12.5 Å². The van der Waals surface area contributed by atoms with E-state index in [0.717, 1.165) is 42.9 Å². The van der Waals surface area contributed by atoms with Crippen molar-refractivity contribution in [1.82, 2.24) is 9.97 Å². The second-order valence-corrected chi connectivity index (χ2v) is 6.37. The summed E-state index contributed by atoms with van der Waals surface area (Å²) >= 11 is 1.62. The van der Waals surface area contributed by atoms with Crippen LogP contribution in [-0.4, -0.2) is 16.8 Å². The van der Waals surface area contributed by atoms with Gasteiger partial charge in [-0.15, -0.1) is 11.3 Å². The van der Waals surface area contributed by atoms with Gasteiger partial charge in [0.05, 0.1) is 10.2 Å². The number of nitrogens with two attached hydrogens (primary N) is 1. The first-order chi connectivity index (χ1) is 11.3. The lowest BCUT2D eigenvalue weighted by atomic mass is 10.0. The molecular formula is C17H11N3O2S. The first-order valence-corrected chi connectivity index (χ1v) is 7.94. The summed E-state index contributed by atoms with van der Waals surface area (Å²) in [7, 11) is 0. The zero-order chi connectivity index (χ0) is 15.4. The number of thiophene rings is 1. The SMILES string of the molecule is Nc1ncnc2c1sc1cc(-c3ccc4c(c3)OCO4)ccc12. The molecule has 0 radical (unpaired) electrons. The second-order valence-electron chi connectivity index (χ2n) is 5.32. The minimum atomic E-state index is 0.284. The third kappa shape index (κ3) is 1.85. The smallest absolute Gasteiger partial charge is 0.231 e. The lowest BCUT2D eigenvalue weighted by molar-refractivity contribution is 0.174. The number of hydrogen-bond donors (Lipinski definition) is 1. The van der Waals surface area contributed by atoms with Crippen molar-refractivity contribution in [1.29, 1.82) is 0 Å². The summed E-state index contributed by atoms with van der Waals surface area (Å²) in [6, 6.07) is 12.3. The molecule has 2 N–H and O–H groups in total. The summed E-state index contributed by atoms with van der Waals surface area (Å²) in [5, 5.41) is 1.10. The van der Waals surface area contributed by atoms with E-state index in [-0.39, 0.29) is 6.79 Å². The Morgan fingerprint density at radius 1 is 0.957 bits per heavy atom. The van der Waals surface area contributed by atoms with Crippen LogP contribution in [0, 0.1) is 0 Å².